The lowest BCUT2D eigenvalue weighted by atomic mass is 9.95. The van der Waals surface area contributed by atoms with Crippen LogP contribution in [0, 0.1) is 20.8 Å². The molecular weight excluding hydrogens is 402 g/mol. The molecule has 0 radical (unpaired) electrons. The molecule has 4 aromatic rings. The van der Waals surface area contributed by atoms with Crippen LogP contribution in [-0.2, 0) is 11.3 Å². The molecule has 0 aliphatic carbocycles. The van der Waals surface area contributed by atoms with E-state index in [-0.39, 0.29) is 6.61 Å². The van der Waals surface area contributed by atoms with Gasteiger partial charge in [0.05, 0.1) is 23.8 Å². The summed E-state index contributed by atoms with van der Waals surface area (Å²) in [7, 11) is 3.25. The number of anilines is 2. The first-order valence-electron chi connectivity index (χ1n) is 10.5. The fourth-order valence-electron chi connectivity index (χ4n) is 4.08. The summed E-state index contributed by atoms with van der Waals surface area (Å²) in [6, 6.07) is 16.0. The molecule has 1 aromatic heterocycles. The zero-order valence-corrected chi connectivity index (χ0v) is 19.0. The molecule has 32 heavy (non-hydrogen) atoms. The number of pyridine rings is 1. The van der Waals surface area contributed by atoms with Crippen molar-refractivity contribution < 1.29 is 14.3 Å². The minimum atomic E-state index is -0.446. The van der Waals surface area contributed by atoms with Crippen LogP contribution in [0.5, 0.6) is 5.75 Å². The molecule has 3 aromatic carbocycles. The molecule has 0 spiro atoms. The molecule has 2 N–H and O–H groups in total. The van der Waals surface area contributed by atoms with Crippen LogP contribution in [0.25, 0.3) is 21.8 Å². The van der Waals surface area contributed by atoms with Gasteiger partial charge >= 0.3 is 6.09 Å². The smallest absolute Gasteiger partial charge is 0.407 e. The van der Waals surface area contributed by atoms with E-state index in [9.17, 15) is 4.79 Å². The van der Waals surface area contributed by atoms with E-state index in [0.29, 0.717) is 0 Å². The third-order valence-electron chi connectivity index (χ3n) is 5.87. The number of aromatic nitrogens is 1. The number of benzene rings is 3. The lowest BCUT2D eigenvalue weighted by Crippen LogP contribution is -2.18. The number of carbonyl (C=O) groups excluding carboxylic acids is 1. The quantitative estimate of drug-likeness (QED) is 0.385. The summed E-state index contributed by atoms with van der Waals surface area (Å²) < 4.78 is 10.8. The van der Waals surface area contributed by atoms with E-state index in [2.05, 4.69) is 37.5 Å². The maximum absolute atomic E-state index is 11.3. The summed E-state index contributed by atoms with van der Waals surface area (Å²) in [6.07, 6.45) is -0.446. The van der Waals surface area contributed by atoms with Gasteiger partial charge in [-0.2, -0.15) is 0 Å². The molecule has 1 heterocycles. The van der Waals surface area contributed by atoms with Crippen molar-refractivity contribution in [2.75, 3.05) is 19.5 Å². The van der Waals surface area contributed by atoms with Gasteiger partial charge in [0.25, 0.3) is 0 Å². The number of nitrogens with one attached hydrogen (secondary N) is 2. The second kappa shape index (κ2) is 8.75. The number of rotatable bonds is 5. The number of hydrogen-bond acceptors (Lipinski definition) is 5. The van der Waals surface area contributed by atoms with E-state index >= 15 is 0 Å². The highest BCUT2D eigenvalue weighted by Gasteiger charge is 2.19. The molecule has 0 fully saturated rings. The molecule has 0 saturated heterocycles. The van der Waals surface area contributed by atoms with Crippen molar-refractivity contribution >= 4 is 39.3 Å². The molecule has 164 valence electrons. The van der Waals surface area contributed by atoms with Crippen molar-refractivity contribution in [1.82, 2.24) is 10.3 Å². The number of para-hydroxylation sites is 1. The lowest BCUT2D eigenvalue weighted by molar-refractivity contribution is 0.142. The van der Waals surface area contributed by atoms with Crippen molar-refractivity contribution in [3.8, 4) is 5.75 Å². The van der Waals surface area contributed by atoms with Gasteiger partial charge in [0, 0.05) is 29.1 Å². The second-order valence-corrected chi connectivity index (χ2v) is 7.78. The second-order valence-electron chi connectivity index (χ2n) is 7.78. The lowest BCUT2D eigenvalue weighted by Gasteiger charge is -2.20. The molecule has 6 nitrogen and oxygen atoms in total. The predicted molar refractivity (Wildman–Crippen MR) is 129 cm³/mol. The van der Waals surface area contributed by atoms with E-state index in [4.69, 9.17) is 14.5 Å². The summed E-state index contributed by atoms with van der Waals surface area (Å²) in [6.45, 7) is 6.47. The third-order valence-corrected chi connectivity index (χ3v) is 5.87. The standard InChI is InChI=1S/C26H27N3O3/c1-15-16(2)25(31-5)17(3)23-22(15)24(20-8-6-7-9-21(20)29-23)28-19-12-10-18(11-13-19)14-32-26(30)27-4/h6-13H,14H2,1-5H3,(H,27,30)(H,28,29). The van der Waals surface area contributed by atoms with Crippen LogP contribution >= 0.6 is 0 Å². The Bertz CT molecular complexity index is 1310. The van der Waals surface area contributed by atoms with E-state index in [1.54, 1.807) is 14.2 Å². The number of aryl methyl sites for hydroxylation is 2. The highest BCUT2D eigenvalue weighted by Crippen LogP contribution is 2.41. The number of methoxy groups -OCH3 is 1. The highest BCUT2D eigenvalue weighted by molar-refractivity contribution is 6.11. The molecular formula is C26H27N3O3. The van der Waals surface area contributed by atoms with Crippen molar-refractivity contribution in [1.29, 1.82) is 0 Å². The molecule has 0 saturated carbocycles. The van der Waals surface area contributed by atoms with Crippen LogP contribution in [0.4, 0.5) is 16.2 Å². The third kappa shape index (κ3) is 3.80. The molecule has 0 bridgehead atoms. The van der Waals surface area contributed by atoms with E-state index in [1.807, 2.05) is 42.5 Å². The van der Waals surface area contributed by atoms with E-state index in [0.717, 1.165) is 61.2 Å². The maximum atomic E-state index is 11.3. The number of amides is 1. The molecule has 0 unspecified atom stereocenters. The fraction of sp³-hybridized carbons (Fsp3) is 0.231. The molecule has 0 atom stereocenters. The van der Waals surface area contributed by atoms with E-state index < -0.39 is 6.09 Å². The topological polar surface area (TPSA) is 72.5 Å². The zero-order valence-electron chi connectivity index (χ0n) is 19.0. The Hall–Kier alpha value is -3.80. The van der Waals surface area contributed by atoms with Gasteiger partial charge in [-0.05, 0) is 55.7 Å². The molecule has 4 rings (SSSR count). The number of fused-ring (bicyclic) bond motifs is 2. The zero-order chi connectivity index (χ0) is 22.8. The van der Waals surface area contributed by atoms with Gasteiger partial charge in [-0.15, -0.1) is 0 Å². The molecule has 1 amide bonds. The van der Waals surface area contributed by atoms with Gasteiger partial charge in [-0.3, -0.25) is 0 Å². The van der Waals surface area contributed by atoms with Gasteiger partial charge in [-0.25, -0.2) is 9.78 Å². The van der Waals surface area contributed by atoms with Crippen molar-refractivity contribution in [2.24, 2.45) is 0 Å². The Morgan fingerprint density at radius 3 is 2.38 bits per heavy atom. The van der Waals surface area contributed by atoms with Crippen LogP contribution in [-0.4, -0.2) is 25.2 Å². The van der Waals surface area contributed by atoms with Gasteiger partial charge in [0.15, 0.2) is 0 Å². The summed E-state index contributed by atoms with van der Waals surface area (Å²) in [4.78, 5) is 16.3. The molecule has 0 aliphatic heterocycles. The van der Waals surface area contributed by atoms with Gasteiger partial charge in [0.2, 0.25) is 0 Å². The molecule has 0 aliphatic rings. The largest absolute Gasteiger partial charge is 0.496 e. The number of alkyl carbamates (subject to hydrolysis) is 1. The maximum Gasteiger partial charge on any atom is 0.407 e. The van der Waals surface area contributed by atoms with Gasteiger partial charge < -0.3 is 20.1 Å². The van der Waals surface area contributed by atoms with Crippen molar-refractivity contribution in [3.63, 3.8) is 0 Å². The predicted octanol–water partition coefficient (Wildman–Crippen LogP) is 5.92. The first-order valence-corrected chi connectivity index (χ1v) is 10.5. The minimum absolute atomic E-state index is 0.221. The van der Waals surface area contributed by atoms with Crippen molar-refractivity contribution in [2.45, 2.75) is 27.4 Å². The average Bonchev–Trinajstić information content (AvgIpc) is 2.82. The van der Waals surface area contributed by atoms with Gasteiger partial charge in [-0.1, -0.05) is 30.3 Å². The first kappa shape index (κ1) is 21.4. The van der Waals surface area contributed by atoms with Crippen LogP contribution in [0.15, 0.2) is 48.5 Å². The van der Waals surface area contributed by atoms with Gasteiger partial charge in [0.1, 0.15) is 12.4 Å². The highest BCUT2D eigenvalue weighted by atomic mass is 16.5. The monoisotopic (exact) mass is 429 g/mol. The number of hydrogen-bond donors (Lipinski definition) is 2. The summed E-state index contributed by atoms with van der Waals surface area (Å²) in [5.74, 6) is 0.879. The molecule has 6 heteroatoms. The number of nitrogens with zero attached hydrogens (tertiary/aromatic N) is 1. The summed E-state index contributed by atoms with van der Waals surface area (Å²) in [5, 5.41) is 8.22. The minimum Gasteiger partial charge on any atom is -0.496 e. The van der Waals surface area contributed by atoms with E-state index in [1.165, 1.54) is 0 Å². The first-order chi connectivity index (χ1) is 15.4. The van der Waals surface area contributed by atoms with Crippen LogP contribution in [0.1, 0.15) is 22.3 Å². The Kier molecular flexibility index (Phi) is 5.86. The van der Waals surface area contributed by atoms with Crippen LogP contribution in [0.2, 0.25) is 0 Å². The SMILES string of the molecule is CNC(=O)OCc1ccc(Nc2c3ccccc3nc3c(C)c(OC)c(C)c(C)c23)cc1. The Balaban J connectivity index is 1.83. The fourth-order valence-corrected chi connectivity index (χ4v) is 4.08. The van der Waals surface area contributed by atoms with Crippen molar-refractivity contribution in [3.05, 3.63) is 70.8 Å². The Morgan fingerprint density at radius 1 is 0.969 bits per heavy atom. The summed E-state index contributed by atoms with van der Waals surface area (Å²) >= 11 is 0. The Labute approximate surface area is 187 Å². The summed E-state index contributed by atoms with van der Waals surface area (Å²) in [5.41, 5.74) is 8.01. The number of ether oxygens (including phenoxy) is 2. The van der Waals surface area contributed by atoms with Crippen LogP contribution in [0.3, 0.4) is 0 Å². The average molecular weight is 430 g/mol. The number of carbonyl (C=O) groups is 1. The Morgan fingerprint density at radius 2 is 1.69 bits per heavy atom. The van der Waals surface area contributed by atoms with Crippen LogP contribution < -0.4 is 15.4 Å². The normalized spacial score (nSPS) is 10.9.